The first-order valence-electron chi connectivity index (χ1n) is 6.46. The summed E-state index contributed by atoms with van der Waals surface area (Å²) in [5, 5.41) is 9.81. The Morgan fingerprint density at radius 3 is 2.35 bits per heavy atom. The molecule has 0 bridgehead atoms. The fraction of sp³-hybridized carbons (Fsp3) is 1.00. The van der Waals surface area contributed by atoms with Crippen LogP contribution in [0.15, 0.2) is 0 Å². The van der Waals surface area contributed by atoms with Crippen LogP contribution in [0.2, 0.25) is 0 Å². The topological polar surface area (TPSA) is 41.9 Å². The zero-order valence-electron chi connectivity index (χ0n) is 12.0. The maximum absolute atomic E-state index is 9.81. The van der Waals surface area contributed by atoms with E-state index in [1.54, 1.807) is 7.11 Å². The molecule has 1 N–H and O–H groups in total. The highest BCUT2D eigenvalue weighted by atomic mass is 16.5. The number of aliphatic hydroxyl groups excluding tert-OH is 1. The van der Waals surface area contributed by atoms with Crippen LogP contribution in [0, 0.1) is 5.92 Å². The molecule has 0 aliphatic rings. The Kier molecular flexibility index (Phi) is 9.74. The fourth-order valence-corrected chi connectivity index (χ4v) is 1.71. The highest BCUT2D eigenvalue weighted by Crippen LogP contribution is 2.03. The van der Waals surface area contributed by atoms with E-state index in [0.717, 1.165) is 6.54 Å². The van der Waals surface area contributed by atoms with Crippen LogP contribution in [0.5, 0.6) is 0 Å². The number of nitrogens with zero attached hydrogens (tertiary/aromatic N) is 1. The predicted octanol–water partition coefficient (Wildman–Crippen LogP) is 1.38. The first-order chi connectivity index (χ1) is 7.99. The third-order valence-corrected chi connectivity index (χ3v) is 2.82. The van der Waals surface area contributed by atoms with Crippen LogP contribution in [-0.2, 0) is 9.47 Å². The number of ether oxygens (including phenoxy) is 2. The lowest BCUT2D eigenvalue weighted by molar-refractivity contribution is -0.0386. The van der Waals surface area contributed by atoms with Gasteiger partial charge in [-0.05, 0) is 19.9 Å². The van der Waals surface area contributed by atoms with Crippen molar-refractivity contribution in [2.75, 3.05) is 40.5 Å². The maximum Gasteiger partial charge on any atom is 0.0900 e. The SMILES string of the molecule is CCC(C)CN(C)CC(O)COC(C)COC. The first-order valence-corrected chi connectivity index (χ1v) is 6.46. The van der Waals surface area contributed by atoms with Crippen molar-refractivity contribution in [2.45, 2.75) is 39.4 Å². The van der Waals surface area contributed by atoms with Gasteiger partial charge in [-0.15, -0.1) is 0 Å². The second kappa shape index (κ2) is 9.83. The van der Waals surface area contributed by atoms with Crippen molar-refractivity contribution in [3.63, 3.8) is 0 Å². The molecule has 0 rings (SSSR count). The number of rotatable bonds is 10. The Morgan fingerprint density at radius 1 is 1.18 bits per heavy atom. The van der Waals surface area contributed by atoms with Crippen molar-refractivity contribution in [2.24, 2.45) is 5.92 Å². The third kappa shape index (κ3) is 9.53. The number of likely N-dealkylation sites (N-methyl/N-ethyl adjacent to an activating group) is 1. The quantitative estimate of drug-likeness (QED) is 0.633. The molecule has 3 unspecified atom stereocenters. The minimum atomic E-state index is -0.427. The third-order valence-electron chi connectivity index (χ3n) is 2.82. The molecule has 0 aromatic heterocycles. The normalized spacial score (nSPS) is 17.1. The predicted molar refractivity (Wildman–Crippen MR) is 70.2 cm³/mol. The monoisotopic (exact) mass is 247 g/mol. The average molecular weight is 247 g/mol. The molecule has 0 saturated heterocycles. The minimum absolute atomic E-state index is 0.0366. The smallest absolute Gasteiger partial charge is 0.0900 e. The average Bonchev–Trinajstić information content (AvgIpc) is 2.26. The zero-order valence-corrected chi connectivity index (χ0v) is 12.0. The summed E-state index contributed by atoms with van der Waals surface area (Å²) in [6.45, 7) is 8.96. The van der Waals surface area contributed by atoms with E-state index >= 15 is 0 Å². The summed E-state index contributed by atoms with van der Waals surface area (Å²) in [4.78, 5) is 2.16. The van der Waals surface area contributed by atoms with Crippen LogP contribution >= 0.6 is 0 Å². The van der Waals surface area contributed by atoms with E-state index in [2.05, 4.69) is 18.7 Å². The largest absolute Gasteiger partial charge is 0.389 e. The summed E-state index contributed by atoms with van der Waals surface area (Å²) in [6, 6.07) is 0. The van der Waals surface area contributed by atoms with Crippen LogP contribution in [0.4, 0.5) is 0 Å². The van der Waals surface area contributed by atoms with Gasteiger partial charge in [-0.25, -0.2) is 0 Å². The summed E-state index contributed by atoms with van der Waals surface area (Å²) < 4.78 is 10.4. The molecule has 0 aromatic rings. The molecule has 104 valence electrons. The number of hydrogen-bond acceptors (Lipinski definition) is 4. The number of methoxy groups -OCH3 is 1. The lowest BCUT2D eigenvalue weighted by Crippen LogP contribution is -2.35. The molecule has 0 spiro atoms. The number of hydrogen-bond donors (Lipinski definition) is 1. The molecular weight excluding hydrogens is 218 g/mol. The molecule has 3 atom stereocenters. The standard InChI is InChI=1S/C13H29NO3/c1-6-11(2)7-14(4)8-13(15)10-17-12(3)9-16-5/h11-13,15H,6-10H2,1-5H3. The van der Waals surface area contributed by atoms with Crippen molar-refractivity contribution < 1.29 is 14.6 Å². The van der Waals surface area contributed by atoms with Gasteiger partial charge in [0.25, 0.3) is 0 Å². The van der Waals surface area contributed by atoms with Gasteiger partial charge in [0.05, 0.1) is 25.4 Å². The minimum Gasteiger partial charge on any atom is -0.389 e. The van der Waals surface area contributed by atoms with Crippen molar-refractivity contribution >= 4 is 0 Å². The summed E-state index contributed by atoms with van der Waals surface area (Å²) in [5.41, 5.74) is 0. The van der Waals surface area contributed by atoms with Gasteiger partial charge in [-0.3, -0.25) is 0 Å². The van der Waals surface area contributed by atoms with E-state index in [4.69, 9.17) is 9.47 Å². The van der Waals surface area contributed by atoms with Gasteiger partial charge in [0.2, 0.25) is 0 Å². The van der Waals surface area contributed by atoms with Crippen molar-refractivity contribution in [3.05, 3.63) is 0 Å². The molecule has 0 aliphatic carbocycles. The molecule has 0 radical (unpaired) electrons. The Morgan fingerprint density at radius 2 is 1.82 bits per heavy atom. The van der Waals surface area contributed by atoms with Crippen molar-refractivity contribution in [1.29, 1.82) is 0 Å². The van der Waals surface area contributed by atoms with Crippen LogP contribution in [-0.4, -0.2) is 62.7 Å². The summed E-state index contributed by atoms with van der Waals surface area (Å²) in [7, 11) is 3.68. The summed E-state index contributed by atoms with van der Waals surface area (Å²) >= 11 is 0. The van der Waals surface area contributed by atoms with Crippen LogP contribution in [0.1, 0.15) is 27.2 Å². The number of aliphatic hydroxyl groups is 1. The van der Waals surface area contributed by atoms with Gasteiger partial charge in [0.15, 0.2) is 0 Å². The molecule has 0 saturated carbocycles. The molecule has 0 aliphatic heterocycles. The van der Waals surface area contributed by atoms with E-state index in [0.29, 0.717) is 25.7 Å². The molecule has 0 aromatic carbocycles. The van der Waals surface area contributed by atoms with E-state index < -0.39 is 6.10 Å². The van der Waals surface area contributed by atoms with E-state index in [1.165, 1.54) is 6.42 Å². The second-order valence-corrected chi connectivity index (χ2v) is 4.99. The Labute approximate surface area is 106 Å². The lowest BCUT2D eigenvalue weighted by atomic mass is 10.1. The summed E-state index contributed by atoms with van der Waals surface area (Å²) in [5.74, 6) is 0.667. The zero-order chi connectivity index (χ0) is 13.3. The molecule has 4 heteroatoms. The lowest BCUT2D eigenvalue weighted by Gasteiger charge is -2.24. The van der Waals surface area contributed by atoms with Crippen molar-refractivity contribution in [1.82, 2.24) is 4.90 Å². The van der Waals surface area contributed by atoms with Gasteiger partial charge in [0, 0.05) is 20.2 Å². The summed E-state index contributed by atoms with van der Waals surface area (Å²) in [6.07, 6.45) is 0.778. The highest BCUT2D eigenvalue weighted by molar-refractivity contribution is 4.64. The van der Waals surface area contributed by atoms with Gasteiger partial charge < -0.3 is 19.5 Å². The van der Waals surface area contributed by atoms with E-state index in [1.807, 2.05) is 14.0 Å². The Balaban J connectivity index is 3.66. The van der Waals surface area contributed by atoms with Crippen molar-refractivity contribution in [3.8, 4) is 0 Å². The van der Waals surface area contributed by atoms with Crippen LogP contribution in [0.25, 0.3) is 0 Å². The maximum atomic E-state index is 9.81. The second-order valence-electron chi connectivity index (χ2n) is 4.99. The van der Waals surface area contributed by atoms with Gasteiger partial charge in [-0.1, -0.05) is 20.3 Å². The van der Waals surface area contributed by atoms with Crippen LogP contribution in [0.3, 0.4) is 0 Å². The molecular formula is C13H29NO3. The van der Waals surface area contributed by atoms with E-state index in [9.17, 15) is 5.11 Å². The molecule has 0 amide bonds. The molecule has 4 nitrogen and oxygen atoms in total. The van der Waals surface area contributed by atoms with Gasteiger partial charge in [-0.2, -0.15) is 0 Å². The highest BCUT2D eigenvalue weighted by Gasteiger charge is 2.12. The van der Waals surface area contributed by atoms with E-state index in [-0.39, 0.29) is 6.10 Å². The Bertz CT molecular complexity index is 178. The van der Waals surface area contributed by atoms with Gasteiger partial charge in [0.1, 0.15) is 0 Å². The Hall–Kier alpha value is -0.160. The molecule has 0 heterocycles. The molecule has 0 fully saturated rings. The fourth-order valence-electron chi connectivity index (χ4n) is 1.71. The van der Waals surface area contributed by atoms with Gasteiger partial charge >= 0.3 is 0 Å². The molecule has 17 heavy (non-hydrogen) atoms. The van der Waals surface area contributed by atoms with Crippen LogP contribution < -0.4 is 0 Å². The first kappa shape index (κ1) is 16.8.